The van der Waals surface area contributed by atoms with Gasteiger partial charge in [-0.15, -0.1) is 0 Å². The molecule has 0 saturated carbocycles. The monoisotopic (exact) mass is 326 g/mol. The Morgan fingerprint density at radius 3 is 2.04 bits per heavy atom. The van der Waals surface area contributed by atoms with E-state index in [9.17, 15) is 10.2 Å². The Bertz CT molecular complexity index is 370. The number of aliphatic hydroxyl groups excluding tert-OH is 1. The lowest BCUT2D eigenvalue weighted by atomic mass is 9.83. The van der Waals surface area contributed by atoms with Crippen molar-refractivity contribution in [3.05, 3.63) is 0 Å². The highest BCUT2D eigenvalue weighted by atomic mass is 16.3. The standard InChI is InChI=1S/C19H38N2O2/c1-14(2)20-10-16(6-7-18(22)12-20)17-8-9-19(5,23)13-21(11-17)15(3)4/h14-18,22-23H,6-13H2,1-5H3. The number of β-amino-alcohol motifs (C(OH)–C–C–N with tert-alkyl or cyclic N) is 2. The van der Waals surface area contributed by atoms with Gasteiger partial charge in [0, 0.05) is 38.3 Å². The van der Waals surface area contributed by atoms with E-state index in [1.165, 1.54) is 0 Å². The summed E-state index contributed by atoms with van der Waals surface area (Å²) in [4.78, 5) is 4.91. The van der Waals surface area contributed by atoms with Gasteiger partial charge in [-0.25, -0.2) is 0 Å². The average molecular weight is 327 g/mol. The molecule has 2 heterocycles. The lowest BCUT2D eigenvalue weighted by Crippen LogP contribution is -2.44. The fourth-order valence-electron chi connectivity index (χ4n) is 4.29. The third kappa shape index (κ3) is 5.42. The fourth-order valence-corrected chi connectivity index (χ4v) is 4.29. The fraction of sp³-hybridized carbons (Fsp3) is 1.00. The van der Waals surface area contributed by atoms with Crippen LogP contribution in [0, 0.1) is 11.8 Å². The summed E-state index contributed by atoms with van der Waals surface area (Å²) in [5.74, 6) is 1.25. The Morgan fingerprint density at radius 2 is 1.43 bits per heavy atom. The predicted molar refractivity (Wildman–Crippen MR) is 95.5 cm³/mol. The maximum atomic E-state index is 10.6. The Kier molecular flexibility index (Phi) is 6.51. The highest BCUT2D eigenvalue weighted by Gasteiger charge is 2.36. The van der Waals surface area contributed by atoms with Crippen LogP contribution in [-0.4, -0.2) is 70.0 Å². The first-order valence-electron chi connectivity index (χ1n) is 9.56. The summed E-state index contributed by atoms with van der Waals surface area (Å²) in [7, 11) is 0. The first-order chi connectivity index (χ1) is 10.7. The summed E-state index contributed by atoms with van der Waals surface area (Å²) in [6, 6.07) is 0.958. The molecule has 2 aliphatic rings. The molecule has 2 fully saturated rings. The van der Waals surface area contributed by atoms with E-state index in [1.807, 2.05) is 6.92 Å². The van der Waals surface area contributed by atoms with Gasteiger partial charge in [0.05, 0.1) is 11.7 Å². The Balaban J connectivity index is 2.11. The minimum absolute atomic E-state index is 0.183. The van der Waals surface area contributed by atoms with E-state index < -0.39 is 5.60 Å². The number of nitrogens with zero attached hydrogens (tertiary/aromatic N) is 2. The van der Waals surface area contributed by atoms with E-state index in [2.05, 4.69) is 37.5 Å². The van der Waals surface area contributed by atoms with Crippen LogP contribution < -0.4 is 0 Å². The van der Waals surface area contributed by atoms with Crippen molar-refractivity contribution in [2.45, 2.75) is 84.1 Å². The first-order valence-corrected chi connectivity index (χ1v) is 9.56. The third-order valence-corrected chi connectivity index (χ3v) is 5.98. The maximum absolute atomic E-state index is 10.6. The zero-order valence-corrected chi connectivity index (χ0v) is 15.8. The molecule has 0 aromatic carbocycles. The van der Waals surface area contributed by atoms with E-state index in [-0.39, 0.29) is 6.10 Å². The SMILES string of the molecule is CC(C)N1CC(O)CCC(C2CCC(C)(O)CN(C(C)C)C2)C1. The van der Waals surface area contributed by atoms with Crippen molar-refractivity contribution in [3.8, 4) is 0 Å². The minimum atomic E-state index is -0.568. The molecule has 2 saturated heterocycles. The summed E-state index contributed by atoms with van der Waals surface area (Å²) >= 11 is 0. The third-order valence-electron chi connectivity index (χ3n) is 5.98. The van der Waals surface area contributed by atoms with Crippen LogP contribution in [0.5, 0.6) is 0 Å². The summed E-state index contributed by atoms with van der Waals surface area (Å²) in [6.07, 6.45) is 3.84. The van der Waals surface area contributed by atoms with E-state index in [0.717, 1.165) is 51.9 Å². The lowest BCUT2D eigenvalue weighted by molar-refractivity contribution is 0.0153. The average Bonchev–Trinajstić information content (AvgIpc) is 2.72. The molecule has 4 atom stereocenters. The van der Waals surface area contributed by atoms with Gasteiger partial charge in [0.2, 0.25) is 0 Å². The molecule has 0 spiro atoms. The Morgan fingerprint density at radius 1 is 0.870 bits per heavy atom. The number of aliphatic hydroxyl groups is 2. The van der Waals surface area contributed by atoms with Crippen LogP contribution >= 0.6 is 0 Å². The molecule has 0 radical (unpaired) electrons. The second-order valence-corrected chi connectivity index (χ2v) is 8.86. The highest BCUT2D eigenvalue weighted by Crippen LogP contribution is 2.33. The van der Waals surface area contributed by atoms with Gasteiger partial charge in [-0.2, -0.15) is 0 Å². The number of rotatable bonds is 3. The van der Waals surface area contributed by atoms with Crippen molar-refractivity contribution in [3.63, 3.8) is 0 Å². The smallest absolute Gasteiger partial charge is 0.0746 e. The van der Waals surface area contributed by atoms with Gasteiger partial charge >= 0.3 is 0 Å². The van der Waals surface area contributed by atoms with Crippen LogP contribution in [0.4, 0.5) is 0 Å². The lowest BCUT2D eigenvalue weighted by Gasteiger charge is -2.35. The Labute approximate surface area is 142 Å². The molecular weight excluding hydrogens is 288 g/mol. The van der Waals surface area contributed by atoms with Crippen LogP contribution in [0.25, 0.3) is 0 Å². The topological polar surface area (TPSA) is 46.9 Å². The Hall–Kier alpha value is -0.160. The number of likely N-dealkylation sites (tertiary alicyclic amines) is 2. The van der Waals surface area contributed by atoms with E-state index >= 15 is 0 Å². The summed E-state index contributed by atoms with van der Waals surface area (Å²) in [5.41, 5.74) is -0.568. The number of hydrogen-bond acceptors (Lipinski definition) is 4. The van der Waals surface area contributed by atoms with E-state index in [4.69, 9.17) is 0 Å². The van der Waals surface area contributed by atoms with Crippen molar-refractivity contribution in [2.24, 2.45) is 11.8 Å². The zero-order valence-electron chi connectivity index (χ0n) is 15.8. The molecule has 2 aliphatic heterocycles. The summed E-state index contributed by atoms with van der Waals surface area (Å²) in [6.45, 7) is 14.7. The number of hydrogen-bond donors (Lipinski definition) is 2. The van der Waals surface area contributed by atoms with Gasteiger partial charge in [0.25, 0.3) is 0 Å². The molecule has 0 amide bonds. The van der Waals surface area contributed by atoms with Gasteiger partial charge in [0.15, 0.2) is 0 Å². The molecule has 0 aliphatic carbocycles. The normalized spacial score (nSPS) is 38.7. The molecule has 136 valence electrons. The van der Waals surface area contributed by atoms with Crippen molar-refractivity contribution >= 4 is 0 Å². The van der Waals surface area contributed by atoms with Gasteiger partial charge in [0.1, 0.15) is 0 Å². The van der Waals surface area contributed by atoms with Gasteiger partial charge in [-0.05, 0) is 72.1 Å². The minimum Gasteiger partial charge on any atom is -0.392 e. The molecule has 4 nitrogen and oxygen atoms in total. The second-order valence-electron chi connectivity index (χ2n) is 8.86. The summed E-state index contributed by atoms with van der Waals surface area (Å²) in [5, 5.41) is 20.8. The van der Waals surface area contributed by atoms with Gasteiger partial charge in [-0.1, -0.05) is 0 Å². The molecule has 2 rings (SSSR count). The summed E-state index contributed by atoms with van der Waals surface area (Å²) < 4.78 is 0. The van der Waals surface area contributed by atoms with Crippen molar-refractivity contribution in [1.82, 2.24) is 9.80 Å². The molecule has 0 aromatic rings. The quantitative estimate of drug-likeness (QED) is 0.836. The van der Waals surface area contributed by atoms with Crippen LogP contribution in [0.1, 0.15) is 60.3 Å². The molecule has 0 bridgehead atoms. The molecule has 23 heavy (non-hydrogen) atoms. The first kappa shape index (κ1) is 19.2. The van der Waals surface area contributed by atoms with Crippen LogP contribution in [0.15, 0.2) is 0 Å². The van der Waals surface area contributed by atoms with Gasteiger partial charge in [-0.3, -0.25) is 9.80 Å². The zero-order chi connectivity index (χ0) is 17.2. The van der Waals surface area contributed by atoms with E-state index in [0.29, 0.717) is 23.9 Å². The van der Waals surface area contributed by atoms with Crippen LogP contribution in [0.2, 0.25) is 0 Å². The van der Waals surface area contributed by atoms with Crippen LogP contribution in [-0.2, 0) is 0 Å². The maximum Gasteiger partial charge on any atom is 0.0746 e. The van der Waals surface area contributed by atoms with Crippen molar-refractivity contribution < 1.29 is 10.2 Å². The molecule has 4 unspecified atom stereocenters. The predicted octanol–water partition coefficient (Wildman–Crippen LogP) is 2.34. The molecule has 2 N–H and O–H groups in total. The molecule has 4 heteroatoms. The van der Waals surface area contributed by atoms with Crippen molar-refractivity contribution in [1.29, 1.82) is 0 Å². The molecular formula is C19H38N2O2. The second kappa shape index (κ2) is 7.81. The van der Waals surface area contributed by atoms with E-state index in [1.54, 1.807) is 0 Å². The molecule has 0 aromatic heterocycles. The van der Waals surface area contributed by atoms with Gasteiger partial charge < -0.3 is 10.2 Å². The van der Waals surface area contributed by atoms with Crippen molar-refractivity contribution in [2.75, 3.05) is 26.2 Å². The van der Waals surface area contributed by atoms with Crippen LogP contribution in [0.3, 0.4) is 0 Å². The largest absolute Gasteiger partial charge is 0.392 e. The highest BCUT2D eigenvalue weighted by molar-refractivity contribution is 4.90.